The largest absolute Gasteiger partial charge is 0.444 e. The van der Waals surface area contributed by atoms with Gasteiger partial charge in [0.1, 0.15) is 5.60 Å². The first-order valence-electron chi connectivity index (χ1n) is 10.1. The molecule has 0 saturated carbocycles. The van der Waals surface area contributed by atoms with Crippen LogP contribution in [0.2, 0.25) is 0 Å². The zero-order valence-electron chi connectivity index (χ0n) is 17.5. The van der Waals surface area contributed by atoms with Crippen molar-refractivity contribution < 1.29 is 9.53 Å². The molecule has 0 aromatic heterocycles. The molecule has 0 bridgehead atoms. The van der Waals surface area contributed by atoms with Crippen molar-refractivity contribution in [3.8, 4) is 0 Å². The van der Waals surface area contributed by atoms with Gasteiger partial charge in [-0.05, 0) is 57.8 Å². The summed E-state index contributed by atoms with van der Waals surface area (Å²) in [4.78, 5) is 21.1. The summed E-state index contributed by atoms with van der Waals surface area (Å²) in [5.74, 6) is 2.84. The first-order chi connectivity index (χ1) is 12.2. The summed E-state index contributed by atoms with van der Waals surface area (Å²) in [5, 5.41) is 3.55. The standard InChI is InChI=1S/C20H38N4O2/c1-15-10-16(2)13-24(12-15)18(21-6)22-11-17-8-7-9-23(14-17)19(25)26-20(3,4)5/h15-17H,7-14H2,1-6H3,(H,21,22). The van der Waals surface area contributed by atoms with E-state index in [1.165, 1.54) is 6.42 Å². The minimum atomic E-state index is -0.439. The van der Waals surface area contributed by atoms with Gasteiger partial charge >= 0.3 is 6.09 Å². The molecule has 6 heteroatoms. The van der Waals surface area contributed by atoms with Gasteiger partial charge < -0.3 is 19.9 Å². The average Bonchev–Trinajstić information content (AvgIpc) is 2.53. The van der Waals surface area contributed by atoms with Crippen molar-refractivity contribution in [1.29, 1.82) is 0 Å². The smallest absolute Gasteiger partial charge is 0.410 e. The Labute approximate surface area is 159 Å². The van der Waals surface area contributed by atoms with E-state index < -0.39 is 5.60 Å². The van der Waals surface area contributed by atoms with Gasteiger partial charge in [-0.15, -0.1) is 0 Å². The second-order valence-electron chi connectivity index (χ2n) is 9.21. The van der Waals surface area contributed by atoms with E-state index in [1.807, 2.05) is 32.7 Å². The van der Waals surface area contributed by atoms with Crippen LogP contribution >= 0.6 is 0 Å². The lowest BCUT2D eigenvalue weighted by Crippen LogP contribution is -2.51. The maximum absolute atomic E-state index is 12.3. The molecule has 0 aliphatic carbocycles. The van der Waals surface area contributed by atoms with Crippen molar-refractivity contribution in [3.63, 3.8) is 0 Å². The third kappa shape index (κ3) is 6.36. The number of hydrogen-bond acceptors (Lipinski definition) is 3. The maximum Gasteiger partial charge on any atom is 0.410 e. The molecule has 0 spiro atoms. The quantitative estimate of drug-likeness (QED) is 0.602. The van der Waals surface area contributed by atoms with Crippen LogP contribution in [-0.2, 0) is 4.74 Å². The molecule has 1 N–H and O–H groups in total. The Bertz CT molecular complexity index is 491. The predicted molar refractivity (Wildman–Crippen MR) is 106 cm³/mol. The topological polar surface area (TPSA) is 57.2 Å². The van der Waals surface area contributed by atoms with Crippen LogP contribution in [0, 0.1) is 17.8 Å². The Morgan fingerprint density at radius 3 is 2.38 bits per heavy atom. The molecular weight excluding hydrogens is 328 g/mol. The highest BCUT2D eigenvalue weighted by Gasteiger charge is 2.29. The molecule has 26 heavy (non-hydrogen) atoms. The Balaban J connectivity index is 1.84. The second kappa shape index (κ2) is 8.96. The van der Waals surface area contributed by atoms with Crippen LogP contribution < -0.4 is 5.32 Å². The number of aliphatic imine (C=N–C) groups is 1. The van der Waals surface area contributed by atoms with Gasteiger partial charge in [-0.1, -0.05) is 13.8 Å². The van der Waals surface area contributed by atoms with Crippen LogP contribution in [0.5, 0.6) is 0 Å². The van der Waals surface area contributed by atoms with Gasteiger partial charge in [0.15, 0.2) is 5.96 Å². The number of hydrogen-bond donors (Lipinski definition) is 1. The lowest BCUT2D eigenvalue weighted by Gasteiger charge is -2.38. The maximum atomic E-state index is 12.3. The number of nitrogens with one attached hydrogen (secondary N) is 1. The van der Waals surface area contributed by atoms with E-state index in [0.717, 1.165) is 51.5 Å². The zero-order chi connectivity index (χ0) is 19.3. The molecule has 2 aliphatic rings. The van der Waals surface area contributed by atoms with E-state index in [2.05, 4.69) is 29.1 Å². The fourth-order valence-corrected chi connectivity index (χ4v) is 4.13. The lowest BCUT2D eigenvalue weighted by molar-refractivity contribution is 0.0168. The van der Waals surface area contributed by atoms with Gasteiger partial charge in [-0.2, -0.15) is 0 Å². The normalized spacial score (nSPS) is 28.1. The fourth-order valence-electron chi connectivity index (χ4n) is 4.13. The summed E-state index contributed by atoms with van der Waals surface area (Å²) in [6.07, 6.45) is 3.27. The molecule has 2 aliphatic heterocycles. The molecule has 2 saturated heterocycles. The molecule has 3 atom stereocenters. The van der Waals surface area contributed by atoms with Crippen LogP contribution in [0.3, 0.4) is 0 Å². The summed E-state index contributed by atoms with van der Waals surface area (Å²) in [5.41, 5.74) is -0.439. The Hall–Kier alpha value is -1.46. The predicted octanol–water partition coefficient (Wildman–Crippen LogP) is 3.19. The van der Waals surface area contributed by atoms with Gasteiger partial charge in [0.2, 0.25) is 0 Å². The lowest BCUT2D eigenvalue weighted by atomic mass is 9.92. The van der Waals surface area contributed by atoms with Gasteiger partial charge in [-0.3, -0.25) is 4.99 Å². The Morgan fingerprint density at radius 2 is 1.81 bits per heavy atom. The third-order valence-corrected chi connectivity index (χ3v) is 5.10. The molecule has 0 radical (unpaired) electrons. The van der Waals surface area contributed by atoms with E-state index in [9.17, 15) is 4.79 Å². The van der Waals surface area contributed by atoms with Gasteiger partial charge in [0.25, 0.3) is 0 Å². The molecular formula is C20H38N4O2. The van der Waals surface area contributed by atoms with Crippen LogP contribution in [0.15, 0.2) is 4.99 Å². The highest BCUT2D eigenvalue weighted by Crippen LogP contribution is 2.22. The molecule has 0 aromatic carbocycles. The summed E-state index contributed by atoms with van der Waals surface area (Å²) in [6.45, 7) is 14.9. The first kappa shape index (κ1) is 20.8. The van der Waals surface area contributed by atoms with Crippen LogP contribution in [0.4, 0.5) is 4.79 Å². The molecule has 0 aromatic rings. The SMILES string of the molecule is CN=C(NCC1CCCN(C(=O)OC(C)(C)C)C1)N1CC(C)CC(C)C1. The van der Waals surface area contributed by atoms with E-state index in [-0.39, 0.29) is 6.09 Å². The highest BCUT2D eigenvalue weighted by atomic mass is 16.6. The monoisotopic (exact) mass is 366 g/mol. The van der Waals surface area contributed by atoms with Crippen molar-refractivity contribution in [2.24, 2.45) is 22.7 Å². The number of carbonyl (C=O) groups is 1. The Kier molecular flexibility index (Phi) is 7.18. The number of piperidine rings is 2. The third-order valence-electron chi connectivity index (χ3n) is 5.10. The number of nitrogens with zero attached hydrogens (tertiary/aromatic N) is 3. The van der Waals surface area contributed by atoms with E-state index in [0.29, 0.717) is 17.8 Å². The molecule has 2 fully saturated rings. The Morgan fingerprint density at radius 1 is 1.15 bits per heavy atom. The number of rotatable bonds is 2. The van der Waals surface area contributed by atoms with Gasteiger partial charge in [0.05, 0.1) is 0 Å². The molecule has 150 valence electrons. The fraction of sp³-hybridized carbons (Fsp3) is 0.900. The minimum absolute atomic E-state index is 0.190. The van der Waals surface area contributed by atoms with Crippen LogP contribution in [-0.4, -0.2) is 67.2 Å². The molecule has 2 rings (SSSR count). The molecule has 3 unspecified atom stereocenters. The number of likely N-dealkylation sites (tertiary alicyclic amines) is 2. The van der Waals surface area contributed by atoms with Gasteiger partial charge in [-0.25, -0.2) is 4.79 Å². The summed E-state index contributed by atoms with van der Waals surface area (Å²) >= 11 is 0. The molecule has 1 amide bonds. The molecule has 2 heterocycles. The number of carbonyl (C=O) groups excluding carboxylic acids is 1. The van der Waals surface area contributed by atoms with Crippen molar-refractivity contribution in [2.75, 3.05) is 39.8 Å². The number of ether oxygens (including phenoxy) is 1. The van der Waals surface area contributed by atoms with Crippen LogP contribution in [0.25, 0.3) is 0 Å². The van der Waals surface area contributed by atoms with Gasteiger partial charge in [0, 0.05) is 39.8 Å². The van der Waals surface area contributed by atoms with Crippen molar-refractivity contribution in [3.05, 3.63) is 0 Å². The van der Waals surface area contributed by atoms with E-state index in [4.69, 9.17) is 4.74 Å². The number of amides is 1. The summed E-state index contributed by atoms with van der Waals surface area (Å²) < 4.78 is 5.53. The zero-order valence-corrected chi connectivity index (χ0v) is 17.5. The second-order valence-corrected chi connectivity index (χ2v) is 9.21. The summed E-state index contributed by atoms with van der Waals surface area (Å²) in [7, 11) is 1.86. The van der Waals surface area contributed by atoms with Crippen molar-refractivity contribution >= 4 is 12.1 Å². The summed E-state index contributed by atoms with van der Waals surface area (Å²) in [6, 6.07) is 0. The van der Waals surface area contributed by atoms with Crippen molar-refractivity contribution in [2.45, 2.75) is 59.5 Å². The highest BCUT2D eigenvalue weighted by molar-refractivity contribution is 5.80. The number of guanidine groups is 1. The van der Waals surface area contributed by atoms with E-state index >= 15 is 0 Å². The minimum Gasteiger partial charge on any atom is -0.444 e. The van der Waals surface area contributed by atoms with E-state index in [1.54, 1.807) is 0 Å². The molecule has 6 nitrogen and oxygen atoms in total. The van der Waals surface area contributed by atoms with Crippen molar-refractivity contribution in [1.82, 2.24) is 15.1 Å². The van der Waals surface area contributed by atoms with Crippen LogP contribution in [0.1, 0.15) is 53.9 Å². The average molecular weight is 367 g/mol. The first-order valence-corrected chi connectivity index (χ1v) is 10.1.